The summed E-state index contributed by atoms with van der Waals surface area (Å²) in [6.07, 6.45) is 0. The molecule has 106 valence electrons. The molecule has 3 aromatic rings. The largest absolute Gasteiger partial charge is 0.289 e. The van der Waals surface area contributed by atoms with Crippen LogP contribution < -0.4 is 0 Å². The van der Waals surface area contributed by atoms with Gasteiger partial charge in [-0.15, -0.1) is 0 Å². The Morgan fingerprint density at radius 2 is 1.18 bits per heavy atom. The van der Waals surface area contributed by atoms with E-state index in [0.29, 0.717) is 0 Å². The van der Waals surface area contributed by atoms with Gasteiger partial charge in [0.2, 0.25) is 0 Å². The van der Waals surface area contributed by atoms with Crippen LogP contribution in [-0.4, -0.2) is 5.78 Å². The van der Waals surface area contributed by atoms with Crippen molar-refractivity contribution in [3.8, 4) is 0 Å². The Kier molecular flexibility index (Phi) is 3.09. The van der Waals surface area contributed by atoms with Crippen LogP contribution in [0.1, 0.15) is 38.5 Å². The summed E-state index contributed by atoms with van der Waals surface area (Å²) in [5.41, 5.74) is 4.86. The van der Waals surface area contributed by atoms with E-state index >= 15 is 0 Å². The van der Waals surface area contributed by atoms with Crippen molar-refractivity contribution in [3.05, 3.63) is 106 Å². The van der Waals surface area contributed by atoms with E-state index in [0.717, 1.165) is 32.8 Å². The van der Waals surface area contributed by atoms with Crippen molar-refractivity contribution in [1.29, 1.82) is 0 Å². The van der Waals surface area contributed by atoms with Crippen LogP contribution >= 0.6 is 11.6 Å². The molecule has 2 heteroatoms. The van der Waals surface area contributed by atoms with Crippen molar-refractivity contribution in [2.45, 2.75) is 5.92 Å². The van der Waals surface area contributed by atoms with Gasteiger partial charge >= 0.3 is 0 Å². The first-order valence-corrected chi connectivity index (χ1v) is 7.61. The van der Waals surface area contributed by atoms with Gasteiger partial charge < -0.3 is 0 Å². The van der Waals surface area contributed by atoms with Gasteiger partial charge in [0.25, 0.3) is 0 Å². The lowest BCUT2D eigenvalue weighted by Crippen LogP contribution is -2.20. The summed E-state index contributed by atoms with van der Waals surface area (Å²) in [6, 6.07) is 23.6. The summed E-state index contributed by atoms with van der Waals surface area (Å²) in [7, 11) is 0. The molecule has 0 fully saturated rings. The zero-order valence-corrected chi connectivity index (χ0v) is 12.5. The van der Waals surface area contributed by atoms with E-state index in [1.807, 2.05) is 72.8 Å². The minimum atomic E-state index is 0.0716. The van der Waals surface area contributed by atoms with E-state index in [2.05, 4.69) is 0 Å². The van der Waals surface area contributed by atoms with Crippen LogP contribution in [0.5, 0.6) is 0 Å². The average molecular weight is 305 g/mol. The summed E-state index contributed by atoms with van der Waals surface area (Å²) >= 11 is 6.02. The fourth-order valence-corrected chi connectivity index (χ4v) is 3.36. The second kappa shape index (κ2) is 5.11. The molecule has 1 aliphatic carbocycles. The van der Waals surface area contributed by atoms with Crippen LogP contribution in [0.2, 0.25) is 5.02 Å². The quantitative estimate of drug-likeness (QED) is 0.480. The first kappa shape index (κ1) is 13.3. The summed E-state index contributed by atoms with van der Waals surface area (Å²) in [5.74, 6) is 0.179. The highest BCUT2D eigenvalue weighted by molar-refractivity contribution is 6.30. The Morgan fingerprint density at radius 1 is 0.682 bits per heavy atom. The van der Waals surface area contributed by atoms with Gasteiger partial charge in [0.15, 0.2) is 5.78 Å². The number of carbonyl (C=O) groups excluding carboxylic acids is 1. The summed E-state index contributed by atoms with van der Waals surface area (Å²) < 4.78 is 0. The molecule has 0 radical (unpaired) electrons. The van der Waals surface area contributed by atoms with Crippen LogP contribution in [0.15, 0.2) is 72.8 Å². The number of halogens is 1. The Bertz CT molecular complexity index is 815. The predicted molar refractivity (Wildman–Crippen MR) is 88.7 cm³/mol. The van der Waals surface area contributed by atoms with E-state index in [4.69, 9.17) is 11.6 Å². The van der Waals surface area contributed by atoms with Crippen LogP contribution in [0.3, 0.4) is 0 Å². The number of benzene rings is 3. The molecule has 0 N–H and O–H groups in total. The van der Waals surface area contributed by atoms with Gasteiger partial charge in [-0.1, -0.05) is 72.3 Å². The second-order valence-electron chi connectivity index (χ2n) is 5.49. The number of rotatable bonds is 1. The lowest BCUT2D eigenvalue weighted by atomic mass is 9.74. The maximum absolute atomic E-state index is 12.7. The zero-order chi connectivity index (χ0) is 15.1. The summed E-state index contributed by atoms with van der Waals surface area (Å²) in [5, 5.41) is 0.720. The molecule has 0 amide bonds. The third-order valence-corrected chi connectivity index (χ3v) is 4.49. The fourth-order valence-electron chi connectivity index (χ4n) is 3.24. The lowest BCUT2D eigenvalue weighted by molar-refractivity contribution is 0.103. The van der Waals surface area contributed by atoms with E-state index in [1.54, 1.807) is 0 Å². The van der Waals surface area contributed by atoms with Crippen LogP contribution in [-0.2, 0) is 0 Å². The molecule has 0 saturated carbocycles. The average Bonchev–Trinajstić information content (AvgIpc) is 2.57. The number of carbonyl (C=O) groups is 1. The van der Waals surface area contributed by atoms with Crippen molar-refractivity contribution in [2.24, 2.45) is 0 Å². The molecule has 0 saturated heterocycles. The maximum Gasteiger partial charge on any atom is 0.193 e. The number of hydrogen-bond donors (Lipinski definition) is 0. The Labute approximate surface area is 134 Å². The first-order chi connectivity index (χ1) is 10.8. The van der Waals surface area contributed by atoms with Crippen molar-refractivity contribution in [1.82, 2.24) is 0 Å². The van der Waals surface area contributed by atoms with Crippen molar-refractivity contribution in [3.63, 3.8) is 0 Å². The molecule has 0 heterocycles. The Hall–Kier alpha value is -2.38. The molecule has 0 atom stereocenters. The number of fused-ring (bicyclic) bond motifs is 2. The summed E-state index contributed by atoms with van der Waals surface area (Å²) in [6.45, 7) is 0. The summed E-state index contributed by atoms with van der Waals surface area (Å²) in [4.78, 5) is 12.7. The highest BCUT2D eigenvalue weighted by Crippen LogP contribution is 2.40. The molecule has 1 aliphatic rings. The lowest BCUT2D eigenvalue weighted by Gasteiger charge is -2.28. The first-order valence-electron chi connectivity index (χ1n) is 7.24. The Morgan fingerprint density at radius 3 is 1.73 bits per heavy atom. The Balaban J connectivity index is 2.00. The van der Waals surface area contributed by atoms with E-state index in [-0.39, 0.29) is 11.7 Å². The zero-order valence-electron chi connectivity index (χ0n) is 11.8. The predicted octanol–water partition coefficient (Wildman–Crippen LogP) is 5.06. The topological polar surface area (TPSA) is 17.1 Å². The maximum atomic E-state index is 12.7. The number of ketones is 1. The molecule has 0 aliphatic heterocycles. The van der Waals surface area contributed by atoms with E-state index in [1.165, 1.54) is 0 Å². The SMILES string of the molecule is O=C1c2ccccc2C(c2ccc(Cl)cc2)c2ccccc21. The van der Waals surface area contributed by atoms with Crippen LogP contribution in [0.4, 0.5) is 0 Å². The highest BCUT2D eigenvalue weighted by atomic mass is 35.5. The molecule has 0 unspecified atom stereocenters. The molecule has 3 aromatic carbocycles. The van der Waals surface area contributed by atoms with Crippen LogP contribution in [0.25, 0.3) is 0 Å². The third-order valence-electron chi connectivity index (χ3n) is 4.24. The molecule has 1 nitrogen and oxygen atoms in total. The van der Waals surface area contributed by atoms with Gasteiger partial charge in [-0.2, -0.15) is 0 Å². The smallest absolute Gasteiger partial charge is 0.193 e. The van der Waals surface area contributed by atoms with Crippen molar-refractivity contribution in [2.75, 3.05) is 0 Å². The van der Waals surface area contributed by atoms with E-state index < -0.39 is 0 Å². The molecule has 0 spiro atoms. The molecule has 0 aromatic heterocycles. The molecule has 0 bridgehead atoms. The van der Waals surface area contributed by atoms with Gasteiger partial charge in [-0.25, -0.2) is 0 Å². The minimum Gasteiger partial charge on any atom is -0.289 e. The van der Waals surface area contributed by atoms with Crippen molar-refractivity contribution < 1.29 is 4.79 Å². The normalized spacial score (nSPS) is 13.6. The standard InChI is InChI=1S/C20H13ClO/c21-14-11-9-13(10-12-14)19-15-5-1-3-7-17(15)20(22)18-8-4-2-6-16(18)19/h1-12,19H. The molecule has 4 rings (SSSR count). The second-order valence-corrected chi connectivity index (χ2v) is 5.92. The molecular formula is C20H13ClO. The molecular weight excluding hydrogens is 292 g/mol. The number of hydrogen-bond acceptors (Lipinski definition) is 1. The monoisotopic (exact) mass is 304 g/mol. The third kappa shape index (κ3) is 1.98. The molecule has 22 heavy (non-hydrogen) atoms. The van der Waals surface area contributed by atoms with Crippen LogP contribution in [0, 0.1) is 0 Å². The van der Waals surface area contributed by atoms with Gasteiger partial charge in [-0.05, 0) is 28.8 Å². The van der Waals surface area contributed by atoms with Gasteiger partial charge in [0.1, 0.15) is 0 Å². The minimum absolute atomic E-state index is 0.0716. The van der Waals surface area contributed by atoms with Crippen molar-refractivity contribution >= 4 is 17.4 Å². The fraction of sp³-hybridized carbons (Fsp3) is 0.0500. The van der Waals surface area contributed by atoms with Gasteiger partial charge in [0.05, 0.1) is 0 Å². The highest BCUT2D eigenvalue weighted by Gasteiger charge is 2.31. The van der Waals surface area contributed by atoms with Gasteiger partial charge in [0, 0.05) is 22.1 Å². The van der Waals surface area contributed by atoms with E-state index in [9.17, 15) is 4.79 Å². The van der Waals surface area contributed by atoms with Gasteiger partial charge in [-0.3, -0.25) is 4.79 Å².